The van der Waals surface area contributed by atoms with E-state index in [-0.39, 0.29) is 5.69 Å². The normalized spacial score (nSPS) is 11.9. The van der Waals surface area contributed by atoms with E-state index in [0.717, 1.165) is 43.7 Å². The zero-order valence-electron chi connectivity index (χ0n) is 31.8. The van der Waals surface area contributed by atoms with Gasteiger partial charge in [0.25, 0.3) is 0 Å². The van der Waals surface area contributed by atoms with Gasteiger partial charge in [0.2, 0.25) is 0 Å². The van der Waals surface area contributed by atoms with E-state index in [1.54, 1.807) is 10.6 Å². The summed E-state index contributed by atoms with van der Waals surface area (Å²) in [5, 5.41) is 3.78. The van der Waals surface area contributed by atoms with Gasteiger partial charge in [0.15, 0.2) is 17.5 Å². The Hall–Kier alpha value is -7.84. The summed E-state index contributed by atoms with van der Waals surface area (Å²) in [5.74, 6) is 1.45. The zero-order valence-corrected chi connectivity index (χ0v) is 31.8. The summed E-state index contributed by atoms with van der Waals surface area (Å²) in [7, 11) is 0. The first-order valence-corrected chi connectivity index (χ1v) is 19.6. The van der Waals surface area contributed by atoms with Gasteiger partial charge in [0.1, 0.15) is 0 Å². The molecule has 0 atom stereocenters. The number of nitrogens with zero attached hydrogens (tertiary/aromatic N) is 5. The van der Waals surface area contributed by atoms with Crippen LogP contribution in [-0.2, 0) is 6.18 Å². The number of rotatable bonds is 6. The lowest BCUT2D eigenvalue weighted by Crippen LogP contribution is -2.12. The molecule has 0 amide bonds. The molecule has 0 aliphatic rings. The van der Waals surface area contributed by atoms with E-state index in [4.69, 9.17) is 15.0 Å². The zero-order chi connectivity index (χ0) is 40.4. The largest absolute Gasteiger partial charge is 0.418 e. The number of hydrogen-bond acceptors (Lipinski definition) is 3. The van der Waals surface area contributed by atoms with Gasteiger partial charge < -0.3 is 9.13 Å². The van der Waals surface area contributed by atoms with E-state index in [1.807, 2.05) is 152 Å². The molecule has 3 heterocycles. The molecule has 286 valence electrons. The van der Waals surface area contributed by atoms with Gasteiger partial charge in [0, 0.05) is 49.4 Å². The molecule has 8 heteroatoms. The van der Waals surface area contributed by atoms with E-state index in [1.165, 1.54) is 12.1 Å². The van der Waals surface area contributed by atoms with Crippen molar-refractivity contribution in [3.8, 4) is 56.7 Å². The van der Waals surface area contributed by atoms with Gasteiger partial charge in [-0.25, -0.2) is 15.0 Å². The summed E-state index contributed by atoms with van der Waals surface area (Å²) in [6.45, 7) is 0. The van der Waals surface area contributed by atoms with E-state index >= 15 is 13.2 Å². The highest BCUT2D eigenvalue weighted by atomic mass is 19.4. The van der Waals surface area contributed by atoms with Crippen molar-refractivity contribution in [2.45, 2.75) is 6.18 Å². The van der Waals surface area contributed by atoms with Gasteiger partial charge in [0.05, 0.1) is 39.0 Å². The summed E-state index contributed by atoms with van der Waals surface area (Å²) < 4.78 is 50.5. The molecule has 0 spiro atoms. The van der Waals surface area contributed by atoms with Crippen molar-refractivity contribution in [2.75, 3.05) is 0 Å². The molecule has 0 unspecified atom stereocenters. The first kappa shape index (κ1) is 35.3. The Labute approximate surface area is 342 Å². The Kier molecular flexibility index (Phi) is 8.20. The van der Waals surface area contributed by atoms with Gasteiger partial charge in [-0.3, -0.25) is 0 Å². The van der Waals surface area contributed by atoms with Crippen molar-refractivity contribution >= 4 is 43.6 Å². The average molecular weight is 784 g/mol. The Morgan fingerprint density at radius 2 is 0.767 bits per heavy atom. The topological polar surface area (TPSA) is 48.5 Å². The van der Waals surface area contributed by atoms with Crippen molar-refractivity contribution in [1.29, 1.82) is 0 Å². The van der Waals surface area contributed by atoms with Crippen LogP contribution in [0.4, 0.5) is 13.2 Å². The maximum absolute atomic E-state index is 15.5. The third-order valence-electron chi connectivity index (χ3n) is 11.2. The third-order valence-corrected chi connectivity index (χ3v) is 11.2. The fraction of sp³-hybridized carbons (Fsp3) is 0.0192. The monoisotopic (exact) mass is 783 g/mol. The molecule has 8 aromatic carbocycles. The van der Waals surface area contributed by atoms with Crippen LogP contribution in [0.3, 0.4) is 0 Å². The molecular weight excluding hydrogens is 752 g/mol. The Morgan fingerprint density at radius 1 is 0.350 bits per heavy atom. The molecule has 0 aliphatic carbocycles. The summed E-state index contributed by atoms with van der Waals surface area (Å²) in [6, 6.07) is 61.3. The van der Waals surface area contributed by atoms with Crippen LogP contribution in [-0.4, -0.2) is 24.1 Å². The van der Waals surface area contributed by atoms with Crippen molar-refractivity contribution < 1.29 is 13.2 Å². The van der Waals surface area contributed by atoms with E-state index in [9.17, 15) is 0 Å². The van der Waals surface area contributed by atoms with E-state index < -0.39 is 11.7 Å². The minimum atomic E-state index is -4.67. The molecule has 11 aromatic rings. The highest BCUT2D eigenvalue weighted by Gasteiger charge is 2.36. The molecule has 0 saturated heterocycles. The van der Waals surface area contributed by atoms with Crippen molar-refractivity contribution in [3.63, 3.8) is 0 Å². The fourth-order valence-corrected chi connectivity index (χ4v) is 8.60. The smallest absolute Gasteiger partial charge is 0.309 e. The van der Waals surface area contributed by atoms with Crippen LogP contribution in [0.15, 0.2) is 194 Å². The second-order valence-electron chi connectivity index (χ2n) is 14.7. The van der Waals surface area contributed by atoms with Crippen LogP contribution in [0.25, 0.3) is 100 Å². The van der Waals surface area contributed by atoms with Crippen LogP contribution in [0.1, 0.15) is 5.56 Å². The quantitative estimate of drug-likeness (QED) is 0.169. The average Bonchev–Trinajstić information content (AvgIpc) is 3.82. The molecule has 0 fully saturated rings. The number of alkyl halides is 3. The van der Waals surface area contributed by atoms with Crippen molar-refractivity contribution in [1.82, 2.24) is 24.1 Å². The Morgan fingerprint density at radius 3 is 1.23 bits per heavy atom. The third kappa shape index (κ3) is 5.75. The molecule has 0 radical (unpaired) electrons. The van der Waals surface area contributed by atoms with Gasteiger partial charge in [-0.2, -0.15) is 13.2 Å². The first-order valence-electron chi connectivity index (χ1n) is 19.6. The molecule has 11 rings (SSSR count). The summed E-state index contributed by atoms with van der Waals surface area (Å²) in [4.78, 5) is 15.0. The minimum absolute atomic E-state index is 0.0510. The predicted octanol–water partition coefficient (Wildman–Crippen LogP) is 13.8. The molecule has 0 bridgehead atoms. The first-order chi connectivity index (χ1) is 29.4. The molecule has 0 saturated carbocycles. The fourth-order valence-electron chi connectivity index (χ4n) is 8.60. The molecule has 3 aromatic heterocycles. The lowest BCUT2D eigenvalue weighted by Gasteiger charge is -2.22. The standard InChI is InChI=1S/C52H32F3N5/c53-52(54,55)42-25-15-24-41(48(42)60-45-28-13-9-22-38(45)39-23-10-14-29-46(39)60)40-31-30-35(32-47(40)59-43-26-11-7-20-36(43)37-21-8-12-27-44(37)59)51-57-49(33-16-3-1-4-17-33)56-50(58-51)34-18-5-2-6-19-34/h1-32H. The molecular formula is C52H32F3N5. The highest BCUT2D eigenvalue weighted by molar-refractivity contribution is 6.11. The SMILES string of the molecule is FC(F)(F)c1cccc(-c2ccc(-c3nc(-c4ccccc4)nc(-c4ccccc4)n3)cc2-n2c3ccccc3c3ccccc32)c1-n1c2ccccc2c2ccccc21. The molecule has 0 N–H and O–H groups in total. The highest BCUT2D eigenvalue weighted by Crippen LogP contribution is 2.46. The maximum atomic E-state index is 15.5. The van der Waals surface area contributed by atoms with Crippen LogP contribution < -0.4 is 0 Å². The number of fused-ring (bicyclic) bond motifs is 6. The maximum Gasteiger partial charge on any atom is 0.418 e. The Bertz CT molecular complexity index is 3260. The van der Waals surface area contributed by atoms with Gasteiger partial charge in [-0.15, -0.1) is 0 Å². The Balaban J connectivity index is 1.25. The van der Waals surface area contributed by atoms with Crippen LogP contribution in [0, 0.1) is 0 Å². The molecule has 0 aliphatic heterocycles. The van der Waals surface area contributed by atoms with Gasteiger partial charge in [-0.05, 0) is 36.4 Å². The number of hydrogen-bond donors (Lipinski definition) is 0. The van der Waals surface area contributed by atoms with Gasteiger partial charge >= 0.3 is 6.18 Å². The molecule has 5 nitrogen and oxygen atoms in total. The number of aromatic nitrogens is 5. The minimum Gasteiger partial charge on any atom is -0.309 e. The summed E-state index contributed by atoms with van der Waals surface area (Å²) in [6.07, 6.45) is -4.67. The number of para-hydroxylation sites is 5. The predicted molar refractivity (Wildman–Crippen MR) is 235 cm³/mol. The molecule has 60 heavy (non-hydrogen) atoms. The van der Waals surface area contributed by atoms with Crippen LogP contribution in [0.5, 0.6) is 0 Å². The number of halogens is 3. The van der Waals surface area contributed by atoms with E-state index in [0.29, 0.717) is 50.9 Å². The lowest BCUT2D eigenvalue weighted by atomic mass is 9.95. The van der Waals surface area contributed by atoms with Crippen LogP contribution in [0.2, 0.25) is 0 Å². The second kappa shape index (κ2) is 13.9. The van der Waals surface area contributed by atoms with Crippen molar-refractivity contribution in [2.24, 2.45) is 0 Å². The lowest BCUT2D eigenvalue weighted by molar-refractivity contribution is -0.137. The van der Waals surface area contributed by atoms with Crippen molar-refractivity contribution in [3.05, 3.63) is 200 Å². The second-order valence-corrected chi connectivity index (χ2v) is 14.7. The summed E-state index contributed by atoms with van der Waals surface area (Å²) >= 11 is 0. The van der Waals surface area contributed by atoms with Gasteiger partial charge in [-0.1, -0.05) is 158 Å². The summed E-state index contributed by atoms with van der Waals surface area (Å²) in [5.41, 5.74) is 6.54. The number of benzene rings is 8. The van der Waals surface area contributed by atoms with E-state index in [2.05, 4.69) is 28.8 Å². The van der Waals surface area contributed by atoms with Crippen LogP contribution >= 0.6 is 0 Å².